The fourth-order valence-corrected chi connectivity index (χ4v) is 1.33. The van der Waals surface area contributed by atoms with Crippen LogP contribution in [-0.4, -0.2) is 55.4 Å². The van der Waals surface area contributed by atoms with Crippen LogP contribution in [0.1, 0.15) is 72.6 Å². The van der Waals surface area contributed by atoms with Crippen LogP contribution in [0.5, 0.6) is 0 Å². The van der Waals surface area contributed by atoms with Crippen LogP contribution in [0.3, 0.4) is 0 Å². The Labute approximate surface area is 153 Å². The molecule has 5 heteroatoms. The van der Waals surface area contributed by atoms with Gasteiger partial charge < -0.3 is 15.3 Å². The van der Waals surface area contributed by atoms with Crippen LogP contribution < -0.4 is 20.6 Å². The molecule has 0 spiro atoms. The average Bonchev–Trinajstić information content (AvgIpc) is 2.52. The third-order valence-electron chi connectivity index (χ3n) is 2.27. The molecule has 0 aliphatic carbocycles. The van der Waals surface area contributed by atoms with Gasteiger partial charge in [-0.3, -0.25) is 0 Å². The van der Waals surface area contributed by atoms with Crippen LogP contribution in [0, 0.1) is 0 Å². The standard InChI is InChI=1S/C5H12N.3C4H9O.Sn/c1-3-5-6-4-2;3*1-2-3-4-5;/h6H,1,3-5H2,2H3;3*2-4H2,1H3;/q;3*-1;+3. The second-order valence-corrected chi connectivity index (χ2v) is 6.06. The van der Waals surface area contributed by atoms with Gasteiger partial charge in [0, 0.05) is 0 Å². The van der Waals surface area contributed by atoms with Crippen molar-refractivity contribution in [3.8, 4) is 0 Å². The normalized spacial score (nSPS) is 8.77. The van der Waals surface area contributed by atoms with E-state index in [2.05, 4.69) is 12.2 Å². The van der Waals surface area contributed by atoms with E-state index in [1.807, 2.05) is 20.8 Å². The van der Waals surface area contributed by atoms with Crippen LogP contribution >= 0.6 is 0 Å². The first kappa shape index (κ1) is 30.5. The summed E-state index contributed by atoms with van der Waals surface area (Å²) < 4.78 is 1.39. The molecule has 4 nitrogen and oxygen atoms in total. The zero-order chi connectivity index (χ0) is 17.9. The Hall–Kier alpha value is 0.639. The van der Waals surface area contributed by atoms with Gasteiger partial charge in [-0.25, -0.2) is 0 Å². The zero-order valence-electron chi connectivity index (χ0n) is 15.4. The first-order valence-corrected chi connectivity index (χ1v) is 10.8. The van der Waals surface area contributed by atoms with Crippen molar-refractivity contribution in [1.82, 2.24) is 5.32 Å². The van der Waals surface area contributed by atoms with E-state index in [9.17, 15) is 15.3 Å². The maximum absolute atomic E-state index is 9.53. The molecule has 0 saturated carbocycles. The summed E-state index contributed by atoms with van der Waals surface area (Å²) in [4.78, 5) is 0. The molecule has 0 heterocycles. The van der Waals surface area contributed by atoms with Crippen LogP contribution in [0.2, 0.25) is 4.44 Å². The van der Waals surface area contributed by atoms with Crippen molar-refractivity contribution in [2.75, 3.05) is 32.9 Å². The number of rotatable bonds is 10. The molecule has 22 heavy (non-hydrogen) atoms. The Balaban J connectivity index is -0.0000000995. The van der Waals surface area contributed by atoms with Gasteiger partial charge in [-0.15, -0.1) is 19.8 Å². The van der Waals surface area contributed by atoms with Gasteiger partial charge in [0.25, 0.3) is 0 Å². The molecular weight excluding hydrogens is 385 g/mol. The molecule has 0 radical (unpaired) electrons. The molecule has 0 atom stereocenters. The fourth-order valence-electron chi connectivity index (χ4n) is 0.823. The van der Waals surface area contributed by atoms with Crippen molar-refractivity contribution in [1.29, 1.82) is 0 Å². The summed E-state index contributed by atoms with van der Waals surface area (Å²) >= 11 is 1.66. The van der Waals surface area contributed by atoms with Crippen molar-refractivity contribution in [2.45, 2.75) is 77.1 Å². The van der Waals surface area contributed by atoms with Crippen molar-refractivity contribution in [2.24, 2.45) is 0 Å². The Morgan fingerprint density at radius 3 is 1.18 bits per heavy atom. The van der Waals surface area contributed by atoms with Gasteiger partial charge in [-0.05, 0) is 0 Å². The molecule has 0 fully saturated rings. The van der Waals surface area contributed by atoms with E-state index >= 15 is 0 Å². The Kier molecular flexibility index (Phi) is 59.7. The average molecular weight is 424 g/mol. The second kappa shape index (κ2) is 43.0. The summed E-state index contributed by atoms with van der Waals surface area (Å²) in [5.41, 5.74) is 0. The summed E-state index contributed by atoms with van der Waals surface area (Å²) in [7, 11) is 0. The van der Waals surface area contributed by atoms with Crippen LogP contribution in [0.4, 0.5) is 0 Å². The fraction of sp³-hybridized carbons (Fsp3) is 1.00. The molecule has 0 unspecified atom stereocenters. The summed E-state index contributed by atoms with van der Waals surface area (Å²) in [5.74, 6) is 0. The van der Waals surface area contributed by atoms with Crippen LogP contribution in [0.15, 0.2) is 0 Å². The summed E-state index contributed by atoms with van der Waals surface area (Å²) in [6.07, 6.45) is 6.95. The molecular formula is C17H39NO3Sn. The number of nitrogens with one attached hydrogen (secondary N) is 1. The Morgan fingerprint density at radius 2 is 1.05 bits per heavy atom. The van der Waals surface area contributed by atoms with Crippen molar-refractivity contribution < 1.29 is 15.3 Å². The summed E-state index contributed by atoms with van der Waals surface area (Å²) in [6, 6.07) is 0. The zero-order valence-corrected chi connectivity index (χ0v) is 18.3. The third kappa shape index (κ3) is 70.3. The van der Waals surface area contributed by atoms with Gasteiger partial charge in [0.2, 0.25) is 0 Å². The minimum absolute atomic E-state index is 0.0938. The van der Waals surface area contributed by atoms with E-state index in [0.29, 0.717) is 0 Å². The molecule has 1 N–H and O–H groups in total. The SMILES string of the molecule is CCCC[O-].CCCC[O-].CCCC[O-].CCNCC[CH2][Sn+3]. The second-order valence-electron chi connectivity index (χ2n) is 4.63. The molecule has 0 aliphatic heterocycles. The molecule has 0 aliphatic rings. The first-order chi connectivity index (χ1) is 10.7. The molecule has 0 saturated heterocycles. The molecule has 0 rings (SSSR count). The number of hydrogen-bond acceptors (Lipinski definition) is 4. The molecule has 0 aromatic rings. The summed E-state index contributed by atoms with van der Waals surface area (Å²) in [5, 5.41) is 31.9. The van der Waals surface area contributed by atoms with Gasteiger partial charge in [0.15, 0.2) is 0 Å². The van der Waals surface area contributed by atoms with E-state index in [0.717, 1.165) is 45.1 Å². The Bertz CT molecular complexity index is 106. The van der Waals surface area contributed by atoms with E-state index in [1.54, 1.807) is 22.5 Å². The van der Waals surface area contributed by atoms with E-state index in [4.69, 9.17) is 0 Å². The van der Waals surface area contributed by atoms with Gasteiger partial charge in [0.05, 0.1) is 0 Å². The third-order valence-corrected chi connectivity index (χ3v) is 3.28. The minimum atomic E-state index is 0.0938. The van der Waals surface area contributed by atoms with Crippen molar-refractivity contribution in [3.05, 3.63) is 0 Å². The monoisotopic (exact) mass is 425 g/mol. The number of hydrogen-bond donors (Lipinski definition) is 1. The molecule has 0 aromatic carbocycles. The van der Waals surface area contributed by atoms with Crippen molar-refractivity contribution >= 4 is 22.5 Å². The Morgan fingerprint density at radius 1 is 0.682 bits per heavy atom. The van der Waals surface area contributed by atoms with Crippen LogP contribution in [0.25, 0.3) is 0 Å². The van der Waals surface area contributed by atoms with Gasteiger partial charge >= 0.3 is 58.7 Å². The van der Waals surface area contributed by atoms with Gasteiger partial charge in [0.1, 0.15) is 0 Å². The van der Waals surface area contributed by atoms with E-state index in [-0.39, 0.29) is 19.8 Å². The molecule has 134 valence electrons. The quantitative estimate of drug-likeness (QED) is 0.420. The summed E-state index contributed by atoms with van der Waals surface area (Å²) in [6.45, 7) is 10.8. The van der Waals surface area contributed by atoms with Gasteiger partial charge in [-0.2, -0.15) is 0 Å². The van der Waals surface area contributed by atoms with Gasteiger partial charge in [-0.1, -0.05) is 59.3 Å². The predicted octanol–water partition coefficient (Wildman–Crippen LogP) is 1.01. The molecule has 0 amide bonds. The first-order valence-electron chi connectivity index (χ1n) is 8.76. The predicted molar refractivity (Wildman–Crippen MR) is 93.0 cm³/mol. The molecule has 0 aromatic heterocycles. The van der Waals surface area contributed by atoms with Crippen LogP contribution in [-0.2, 0) is 0 Å². The molecule has 0 bridgehead atoms. The topological polar surface area (TPSA) is 81.2 Å². The van der Waals surface area contributed by atoms with E-state index < -0.39 is 0 Å². The number of unbranched alkanes of at least 4 members (excludes halogenated alkanes) is 3. The van der Waals surface area contributed by atoms with E-state index in [1.165, 1.54) is 17.4 Å². The van der Waals surface area contributed by atoms with Crippen molar-refractivity contribution in [3.63, 3.8) is 0 Å². The maximum atomic E-state index is 9.53.